The van der Waals surface area contributed by atoms with Crippen LogP contribution < -0.4 is 9.47 Å². The number of ketones is 1. The number of Topliss-reactive ketones (excluding diaryl/α,β-unsaturated/α-hetero) is 1. The third kappa shape index (κ3) is 2.92. The van der Waals surface area contributed by atoms with Crippen LogP contribution in [0.2, 0.25) is 0 Å². The minimum absolute atomic E-state index is 0.00470. The Hall–Kier alpha value is -2.88. The largest absolute Gasteiger partial charge is 0.452 e. The highest BCUT2D eigenvalue weighted by atomic mass is 16.5. The van der Waals surface area contributed by atoms with E-state index in [0.717, 1.165) is 17.5 Å². The topological polar surface area (TPSA) is 52.6 Å². The summed E-state index contributed by atoms with van der Waals surface area (Å²) in [6, 6.07) is 13.0. The molecule has 0 saturated heterocycles. The summed E-state index contributed by atoms with van der Waals surface area (Å²) in [6.07, 6.45) is 2.91. The molecule has 1 atom stereocenters. The Morgan fingerprint density at radius 1 is 1.08 bits per heavy atom. The Kier molecular flexibility index (Phi) is 4.11. The number of rotatable bonds is 3. The molecule has 2 aliphatic rings. The van der Waals surface area contributed by atoms with Gasteiger partial charge in [0, 0.05) is 11.5 Å². The molecule has 0 fully saturated rings. The van der Waals surface area contributed by atoms with E-state index in [4.69, 9.17) is 9.47 Å². The van der Waals surface area contributed by atoms with Crippen molar-refractivity contribution in [1.82, 2.24) is 0 Å². The van der Waals surface area contributed by atoms with Gasteiger partial charge in [0.2, 0.25) is 5.78 Å². The molecule has 2 aromatic carbocycles. The summed E-state index contributed by atoms with van der Waals surface area (Å²) in [6.45, 7) is 4.24. The van der Waals surface area contributed by atoms with Crippen LogP contribution >= 0.6 is 0 Å². The zero-order chi connectivity index (χ0) is 18.3. The predicted octanol–water partition coefficient (Wildman–Crippen LogP) is 4.74. The van der Waals surface area contributed by atoms with Crippen LogP contribution in [-0.4, -0.2) is 11.8 Å². The summed E-state index contributed by atoms with van der Waals surface area (Å²) in [5, 5.41) is 0. The van der Waals surface area contributed by atoms with Crippen molar-refractivity contribution < 1.29 is 19.1 Å². The number of benzene rings is 2. The standard InChI is InChI=1S/C22H20O4/c1-13(2)10-15-12-19(23)25-17-9-8-16-21(24)18(26-22(16)20(15)17)11-14-6-4-3-5-7-14/h3-9,11,13,15H,10,12H2,1-2H3. The first-order chi connectivity index (χ1) is 12.5. The Labute approximate surface area is 152 Å². The number of fused-ring (bicyclic) bond motifs is 3. The molecule has 2 aromatic rings. The number of allylic oxidation sites excluding steroid dienone is 1. The van der Waals surface area contributed by atoms with Gasteiger partial charge in [-0.15, -0.1) is 0 Å². The average Bonchev–Trinajstić information content (AvgIpc) is 2.91. The van der Waals surface area contributed by atoms with Crippen LogP contribution in [0.5, 0.6) is 11.5 Å². The summed E-state index contributed by atoms with van der Waals surface area (Å²) < 4.78 is 11.4. The molecule has 4 rings (SSSR count). The second-order valence-corrected chi connectivity index (χ2v) is 7.21. The van der Waals surface area contributed by atoms with Crippen LogP contribution in [0.3, 0.4) is 0 Å². The molecule has 0 spiro atoms. The van der Waals surface area contributed by atoms with Crippen LogP contribution in [0.15, 0.2) is 48.2 Å². The fraction of sp³-hybridized carbons (Fsp3) is 0.273. The molecule has 26 heavy (non-hydrogen) atoms. The molecule has 0 N–H and O–H groups in total. The lowest BCUT2D eigenvalue weighted by atomic mass is 9.84. The van der Waals surface area contributed by atoms with Gasteiger partial charge in [0.15, 0.2) is 5.76 Å². The zero-order valence-corrected chi connectivity index (χ0v) is 14.8. The fourth-order valence-corrected chi connectivity index (χ4v) is 3.67. The van der Waals surface area contributed by atoms with Crippen molar-refractivity contribution in [2.75, 3.05) is 0 Å². The highest BCUT2D eigenvalue weighted by molar-refractivity contribution is 6.15. The van der Waals surface area contributed by atoms with E-state index in [2.05, 4.69) is 13.8 Å². The summed E-state index contributed by atoms with van der Waals surface area (Å²) in [5.41, 5.74) is 2.29. The Balaban J connectivity index is 1.77. The maximum atomic E-state index is 12.8. The summed E-state index contributed by atoms with van der Waals surface area (Å²) >= 11 is 0. The number of hydrogen-bond donors (Lipinski definition) is 0. The Morgan fingerprint density at radius 3 is 2.58 bits per heavy atom. The first-order valence-corrected chi connectivity index (χ1v) is 8.90. The van der Waals surface area contributed by atoms with Crippen molar-refractivity contribution >= 4 is 17.8 Å². The van der Waals surface area contributed by atoms with Crippen molar-refractivity contribution in [1.29, 1.82) is 0 Å². The first-order valence-electron chi connectivity index (χ1n) is 8.90. The average molecular weight is 348 g/mol. The third-order valence-electron chi connectivity index (χ3n) is 4.73. The number of hydrogen-bond acceptors (Lipinski definition) is 4. The van der Waals surface area contributed by atoms with Gasteiger partial charge in [-0.05, 0) is 36.1 Å². The summed E-state index contributed by atoms with van der Waals surface area (Å²) in [4.78, 5) is 24.7. The van der Waals surface area contributed by atoms with Gasteiger partial charge in [0.25, 0.3) is 0 Å². The molecule has 4 heteroatoms. The van der Waals surface area contributed by atoms with Gasteiger partial charge in [-0.1, -0.05) is 44.2 Å². The normalized spacial score (nSPS) is 20.0. The smallest absolute Gasteiger partial charge is 0.311 e. The van der Waals surface area contributed by atoms with Crippen molar-refractivity contribution in [3.63, 3.8) is 0 Å². The van der Waals surface area contributed by atoms with E-state index in [1.807, 2.05) is 30.3 Å². The summed E-state index contributed by atoms with van der Waals surface area (Å²) in [7, 11) is 0. The number of ether oxygens (including phenoxy) is 2. The molecule has 0 aliphatic carbocycles. The van der Waals surface area contributed by atoms with Crippen molar-refractivity contribution in [2.45, 2.75) is 32.6 Å². The van der Waals surface area contributed by atoms with Gasteiger partial charge in [-0.2, -0.15) is 0 Å². The molecular weight excluding hydrogens is 328 g/mol. The van der Waals surface area contributed by atoms with E-state index in [1.54, 1.807) is 18.2 Å². The quantitative estimate of drug-likeness (QED) is 0.457. The molecule has 0 saturated carbocycles. The van der Waals surface area contributed by atoms with Gasteiger partial charge in [-0.3, -0.25) is 9.59 Å². The second-order valence-electron chi connectivity index (χ2n) is 7.21. The molecule has 2 heterocycles. The van der Waals surface area contributed by atoms with Crippen LogP contribution in [0.1, 0.15) is 54.1 Å². The Bertz CT molecular complexity index is 909. The fourth-order valence-electron chi connectivity index (χ4n) is 3.67. The van der Waals surface area contributed by atoms with E-state index < -0.39 is 0 Å². The second kappa shape index (κ2) is 6.45. The molecule has 0 radical (unpaired) electrons. The summed E-state index contributed by atoms with van der Waals surface area (Å²) in [5.74, 6) is 1.43. The lowest BCUT2D eigenvalue weighted by Gasteiger charge is -2.27. The molecule has 0 amide bonds. The molecule has 0 bridgehead atoms. The van der Waals surface area contributed by atoms with Gasteiger partial charge in [-0.25, -0.2) is 0 Å². The minimum Gasteiger partial charge on any atom is -0.452 e. The van der Waals surface area contributed by atoms with Crippen LogP contribution in [0, 0.1) is 5.92 Å². The molecule has 0 aromatic heterocycles. The number of carbonyl (C=O) groups is 2. The monoisotopic (exact) mass is 348 g/mol. The predicted molar refractivity (Wildman–Crippen MR) is 98.3 cm³/mol. The van der Waals surface area contributed by atoms with Crippen molar-refractivity contribution in [3.8, 4) is 11.5 Å². The highest BCUT2D eigenvalue weighted by Gasteiger charge is 2.37. The first kappa shape index (κ1) is 16.6. The van der Waals surface area contributed by atoms with Crippen LogP contribution in [-0.2, 0) is 4.79 Å². The van der Waals surface area contributed by atoms with E-state index in [1.165, 1.54) is 0 Å². The van der Waals surface area contributed by atoms with E-state index in [-0.39, 0.29) is 17.7 Å². The zero-order valence-electron chi connectivity index (χ0n) is 14.8. The maximum absolute atomic E-state index is 12.8. The number of carbonyl (C=O) groups excluding carboxylic acids is 2. The van der Waals surface area contributed by atoms with Gasteiger partial charge >= 0.3 is 5.97 Å². The van der Waals surface area contributed by atoms with E-state index >= 15 is 0 Å². The SMILES string of the molecule is CC(C)CC1CC(=O)Oc2ccc3c(c21)OC(=Cc1ccccc1)C3=O. The van der Waals surface area contributed by atoms with Gasteiger partial charge in [0.1, 0.15) is 11.5 Å². The van der Waals surface area contributed by atoms with Crippen LogP contribution in [0.25, 0.3) is 6.08 Å². The van der Waals surface area contributed by atoms with E-state index in [9.17, 15) is 9.59 Å². The maximum Gasteiger partial charge on any atom is 0.311 e. The molecule has 4 nitrogen and oxygen atoms in total. The molecule has 2 aliphatic heterocycles. The van der Waals surface area contributed by atoms with Gasteiger partial charge < -0.3 is 9.47 Å². The number of esters is 1. The van der Waals surface area contributed by atoms with Gasteiger partial charge in [0.05, 0.1) is 12.0 Å². The molecule has 1 unspecified atom stereocenters. The molecule has 132 valence electrons. The minimum atomic E-state index is -0.229. The lowest BCUT2D eigenvalue weighted by molar-refractivity contribution is -0.136. The molecular formula is C22H20O4. The third-order valence-corrected chi connectivity index (χ3v) is 4.73. The highest BCUT2D eigenvalue weighted by Crippen LogP contribution is 2.48. The van der Waals surface area contributed by atoms with Crippen molar-refractivity contribution in [3.05, 3.63) is 64.9 Å². The van der Waals surface area contributed by atoms with E-state index in [0.29, 0.717) is 35.2 Å². The Morgan fingerprint density at radius 2 is 1.85 bits per heavy atom. The lowest BCUT2D eigenvalue weighted by Crippen LogP contribution is -2.21. The van der Waals surface area contributed by atoms with Crippen molar-refractivity contribution in [2.24, 2.45) is 5.92 Å². The van der Waals surface area contributed by atoms with Crippen LogP contribution in [0.4, 0.5) is 0 Å².